The molecule has 1 N–H and O–H groups in total. The Hall–Kier alpha value is -1.74. The molecule has 0 atom stereocenters. The second kappa shape index (κ2) is 6.79. The molecule has 120 valence electrons. The Morgan fingerprint density at radius 3 is 2.43 bits per heavy atom. The van der Waals surface area contributed by atoms with Crippen molar-refractivity contribution in [2.45, 2.75) is 43.5 Å². The van der Waals surface area contributed by atoms with Crippen molar-refractivity contribution < 1.29 is 4.79 Å². The number of benzene rings is 2. The van der Waals surface area contributed by atoms with Gasteiger partial charge in [-0.1, -0.05) is 36.4 Å². The minimum absolute atomic E-state index is 0.122. The van der Waals surface area contributed by atoms with E-state index in [1.165, 1.54) is 23.1 Å². The molecule has 0 spiro atoms. The molecule has 0 unspecified atom stereocenters. The number of amides is 1. The lowest BCUT2D eigenvalue weighted by molar-refractivity contribution is -0.121. The van der Waals surface area contributed by atoms with E-state index in [0.717, 1.165) is 17.7 Å². The molecule has 0 radical (unpaired) electrons. The molecule has 1 amide bonds. The molecule has 1 saturated carbocycles. The number of thioether (sulfide) groups is 1. The summed E-state index contributed by atoms with van der Waals surface area (Å²) in [5.74, 6) is 0.591. The minimum atomic E-state index is -0.137. The zero-order valence-corrected chi connectivity index (χ0v) is 14.6. The highest BCUT2D eigenvalue weighted by Crippen LogP contribution is 2.41. The fraction of sp³-hybridized carbons (Fsp3) is 0.350. The molecule has 1 aliphatic rings. The lowest BCUT2D eigenvalue weighted by Crippen LogP contribution is -2.51. The molecule has 1 aliphatic carbocycles. The maximum absolute atomic E-state index is 12.4. The predicted molar refractivity (Wildman–Crippen MR) is 96.8 cm³/mol. The van der Waals surface area contributed by atoms with Crippen LogP contribution in [0.2, 0.25) is 0 Å². The lowest BCUT2D eigenvalue weighted by Gasteiger charge is -2.43. The highest BCUT2D eigenvalue weighted by Gasteiger charge is 2.39. The van der Waals surface area contributed by atoms with Crippen LogP contribution in [0.1, 0.15) is 36.0 Å². The van der Waals surface area contributed by atoms with Crippen molar-refractivity contribution in [2.75, 3.05) is 5.75 Å². The van der Waals surface area contributed by atoms with E-state index < -0.39 is 0 Å². The number of rotatable bonds is 5. The second-order valence-electron chi connectivity index (χ2n) is 6.38. The molecule has 0 aliphatic heterocycles. The number of carbonyl (C=O) groups is 1. The number of nitrogens with one attached hydrogen (secondary N) is 1. The normalized spacial score (nSPS) is 15.7. The maximum Gasteiger partial charge on any atom is 0.231 e. The Kier molecular flexibility index (Phi) is 4.76. The second-order valence-corrected chi connectivity index (χ2v) is 7.43. The molecule has 0 bridgehead atoms. The van der Waals surface area contributed by atoms with Crippen LogP contribution in [0.25, 0.3) is 0 Å². The minimum Gasteiger partial charge on any atom is -0.346 e. The molecule has 3 rings (SSSR count). The Morgan fingerprint density at radius 2 is 1.83 bits per heavy atom. The summed E-state index contributed by atoms with van der Waals surface area (Å²) >= 11 is 1.61. The van der Waals surface area contributed by atoms with Gasteiger partial charge in [0.15, 0.2) is 0 Å². The Morgan fingerprint density at radius 1 is 1.09 bits per heavy atom. The van der Waals surface area contributed by atoms with Gasteiger partial charge in [-0.25, -0.2) is 0 Å². The zero-order valence-electron chi connectivity index (χ0n) is 13.8. The van der Waals surface area contributed by atoms with Crippen LogP contribution in [-0.2, 0) is 10.3 Å². The lowest BCUT2D eigenvalue weighted by atomic mass is 9.72. The van der Waals surface area contributed by atoms with Crippen molar-refractivity contribution in [1.29, 1.82) is 0 Å². The molecule has 0 aromatic heterocycles. The van der Waals surface area contributed by atoms with Crippen molar-refractivity contribution in [1.82, 2.24) is 5.32 Å². The van der Waals surface area contributed by atoms with Crippen LogP contribution in [0.5, 0.6) is 0 Å². The van der Waals surface area contributed by atoms with Crippen LogP contribution < -0.4 is 5.32 Å². The van der Waals surface area contributed by atoms with Gasteiger partial charge in [0.1, 0.15) is 0 Å². The van der Waals surface area contributed by atoms with E-state index in [1.54, 1.807) is 11.8 Å². The molecule has 0 heterocycles. The zero-order chi connectivity index (χ0) is 16.3. The first-order valence-electron chi connectivity index (χ1n) is 8.16. The topological polar surface area (TPSA) is 29.1 Å². The predicted octanol–water partition coefficient (Wildman–Crippen LogP) is 4.59. The monoisotopic (exact) mass is 325 g/mol. The van der Waals surface area contributed by atoms with Crippen LogP contribution in [0.4, 0.5) is 0 Å². The molecule has 2 aromatic carbocycles. The van der Waals surface area contributed by atoms with Gasteiger partial charge in [-0.3, -0.25) is 4.79 Å². The highest BCUT2D eigenvalue weighted by atomic mass is 32.2. The van der Waals surface area contributed by atoms with E-state index in [9.17, 15) is 4.79 Å². The summed E-state index contributed by atoms with van der Waals surface area (Å²) in [7, 11) is 0. The number of hydrogen-bond acceptors (Lipinski definition) is 2. The van der Waals surface area contributed by atoms with E-state index in [4.69, 9.17) is 0 Å². The van der Waals surface area contributed by atoms with E-state index in [0.29, 0.717) is 5.75 Å². The summed E-state index contributed by atoms with van der Waals surface area (Å²) in [6.07, 6.45) is 3.26. The number of aryl methyl sites for hydroxylation is 2. The highest BCUT2D eigenvalue weighted by molar-refractivity contribution is 8.00. The van der Waals surface area contributed by atoms with Crippen molar-refractivity contribution in [3.05, 3.63) is 65.2 Å². The van der Waals surface area contributed by atoms with Gasteiger partial charge in [0, 0.05) is 4.90 Å². The molecule has 2 aromatic rings. The third-order valence-electron chi connectivity index (χ3n) is 4.76. The fourth-order valence-electron chi connectivity index (χ4n) is 3.03. The molecule has 0 saturated heterocycles. The van der Waals surface area contributed by atoms with Crippen LogP contribution in [0.3, 0.4) is 0 Å². The first-order chi connectivity index (χ1) is 11.1. The quantitative estimate of drug-likeness (QED) is 0.815. The van der Waals surface area contributed by atoms with Crippen molar-refractivity contribution >= 4 is 17.7 Å². The van der Waals surface area contributed by atoms with Gasteiger partial charge in [0.05, 0.1) is 11.3 Å². The summed E-state index contributed by atoms with van der Waals surface area (Å²) in [6.45, 7) is 4.22. The van der Waals surface area contributed by atoms with E-state index >= 15 is 0 Å². The largest absolute Gasteiger partial charge is 0.346 e. The Labute approximate surface area is 142 Å². The summed E-state index contributed by atoms with van der Waals surface area (Å²) in [5.41, 5.74) is 3.66. The van der Waals surface area contributed by atoms with Gasteiger partial charge in [0.25, 0.3) is 0 Å². The van der Waals surface area contributed by atoms with Crippen LogP contribution >= 0.6 is 11.8 Å². The SMILES string of the molecule is Cc1ccc(SCC(=O)NC2(c3ccccc3)CCC2)cc1C. The van der Waals surface area contributed by atoms with Crippen LogP contribution in [-0.4, -0.2) is 11.7 Å². The van der Waals surface area contributed by atoms with Gasteiger partial charge in [-0.2, -0.15) is 0 Å². The van der Waals surface area contributed by atoms with Crippen molar-refractivity contribution in [3.63, 3.8) is 0 Å². The molecule has 2 nitrogen and oxygen atoms in total. The molecular weight excluding hydrogens is 302 g/mol. The summed E-state index contributed by atoms with van der Waals surface area (Å²) in [4.78, 5) is 13.6. The molecule has 23 heavy (non-hydrogen) atoms. The molecular formula is C20H23NOS. The van der Waals surface area contributed by atoms with Crippen LogP contribution in [0, 0.1) is 13.8 Å². The third kappa shape index (κ3) is 3.61. The fourth-order valence-corrected chi connectivity index (χ4v) is 3.82. The van der Waals surface area contributed by atoms with Gasteiger partial charge in [0.2, 0.25) is 5.91 Å². The summed E-state index contributed by atoms with van der Waals surface area (Å²) in [5, 5.41) is 3.28. The van der Waals surface area contributed by atoms with Crippen molar-refractivity contribution in [2.24, 2.45) is 0 Å². The summed E-state index contributed by atoms with van der Waals surface area (Å²) in [6, 6.07) is 16.7. The Bertz CT molecular complexity index is 692. The summed E-state index contributed by atoms with van der Waals surface area (Å²) < 4.78 is 0. The van der Waals surface area contributed by atoms with E-state index in [2.05, 4.69) is 49.5 Å². The van der Waals surface area contributed by atoms with E-state index in [-0.39, 0.29) is 11.4 Å². The smallest absolute Gasteiger partial charge is 0.231 e. The van der Waals surface area contributed by atoms with Crippen molar-refractivity contribution in [3.8, 4) is 0 Å². The first-order valence-corrected chi connectivity index (χ1v) is 9.14. The van der Waals surface area contributed by atoms with Gasteiger partial charge >= 0.3 is 0 Å². The Balaban J connectivity index is 1.61. The van der Waals surface area contributed by atoms with Gasteiger partial charge in [-0.15, -0.1) is 11.8 Å². The van der Waals surface area contributed by atoms with Gasteiger partial charge < -0.3 is 5.32 Å². The number of hydrogen-bond donors (Lipinski definition) is 1. The molecule has 1 fully saturated rings. The average molecular weight is 325 g/mol. The average Bonchev–Trinajstić information content (AvgIpc) is 2.53. The van der Waals surface area contributed by atoms with E-state index in [1.807, 2.05) is 18.2 Å². The van der Waals surface area contributed by atoms with Crippen LogP contribution in [0.15, 0.2) is 53.4 Å². The maximum atomic E-state index is 12.4. The first kappa shape index (κ1) is 16.1. The third-order valence-corrected chi connectivity index (χ3v) is 5.75. The molecule has 3 heteroatoms. The standard InChI is InChI=1S/C20H23NOS/c1-15-9-10-18(13-16(15)2)23-14-19(22)21-20(11-6-12-20)17-7-4-3-5-8-17/h3-5,7-10,13H,6,11-12,14H2,1-2H3,(H,21,22). The van der Waals surface area contributed by atoms with Gasteiger partial charge in [-0.05, 0) is 61.9 Å². The number of carbonyl (C=O) groups excluding carboxylic acids is 1.